The molecule has 2 rings (SSSR count). The Morgan fingerprint density at radius 3 is 2.50 bits per heavy atom. The number of nitrogens with zero attached hydrogens (tertiary/aromatic N) is 1. The first-order valence-electron chi connectivity index (χ1n) is 6.44. The van der Waals surface area contributed by atoms with Gasteiger partial charge in [-0.2, -0.15) is 0 Å². The van der Waals surface area contributed by atoms with Crippen LogP contribution in [-0.4, -0.2) is 25.6 Å². The molecule has 98 valence electrons. The first-order chi connectivity index (χ1) is 8.70. The topological polar surface area (TPSA) is 55.6 Å². The summed E-state index contributed by atoms with van der Waals surface area (Å²) >= 11 is 0. The SMILES string of the molecule is CN(C(=O)CN)c1ccc(OC2CCCC2)cc1. The minimum absolute atomic E-state index is 0.0246. The lowest BCUT2D eigenvalue weighted by Crippen LogP contribution is -2.32. The van der Waals surface area contributed by atoms with E-state index in [2.05, 4.69) is 0 Å². The van der Waals surface area contributed by atoms with E-state index in [1.807, 2.05) is 24.3 Å². The predicted molar refractivity (Wildman–Crippen MR) is 71.8 cm³/mol. The van der Waals surface area contributed by atoms with Gasteiger partial charge in [0, 0.05) is 12.7 Å². The molecule has 0 spiro atoms. The quantitative estimate of drug-likeness (QED) is 0.885. The average Bonchev–Trinajstić information content (AvgIpc) is 2.91. The van der Waals surface area contributed by atoms with Crippen LogP contribution in [0.2, 0.25) is 0 Å². The van der Waals surface area contributed by atoms with Gasteiger partial charge in [-0.05, 0) is 49.9 Å². The Hall–Kier alpha value is -1.55. The standard InChI is InChI=1S/C14H20N2O2/c1-16(14(17)10-15)11-6-8-13(9-7-11)18-12-4-2-3-5-12/h6-9,12H,2-5,10,15H2,1H3. The van der Waals surface area contributed by atoms with Gasteiger partial charge >= 0.3 is 0 Å². The molecule has 0 heterocycles. The zero-order valence-electron chi connectivity index (χ0n) is 10.8. The second-order valence-electron chi connectivity index (χ2n) is 4.68. The summed E-state index contributed by atoms with van der Waals surface area (Å²) in [7, 11) is 1.72. The van der Waals surface area contributed by atoms with Crippen LogP contribution < -0.4 is 15.4 Å². The van der Waals surface area contributed by atoms with E-state index < -0.39 is 0 Å². The van der Waals surface area contributed by atoms with Gasteiger partial charge in [0.1, 0.15) is 5.75 Å². The zero-order valence-corrected chi connectivity index (χ0v) is 10.8. The van der Waals surface area contributed by atoms with Gasteiger partial charge in [0.2, 0.25) is 5.91 Å². The highest BCUT2D eigenvalue weighted by Crippen LogP contribution is 2.25. The second-order valence-corrected chi connectivity index (χ2v) is 4.68. The van der Waals surface area contributed by atoms with Crippen LogP contribution in [-0.2, 0) is 4.79 Å². The average molecular weight is 248 g/mol. The molecular weight excluding hydrogens is 228 g/mol. The summed E-state index contributed by atoms with van der Waals surface area (Å²) in [4.78, 5) is 13.0. The number of rotatable bonds is 4. The second kappa shape index (κ2) is 5.87. The third kappa shape index (κ3) is 3.01. The molecule has 0 radical (unpaired) electrons. The van der Waals surface area contributed by atoms with Crippen molar-refractivity contribution >= 4 is 11.6 Å². The van der Waals surface area contributed by atoms with Crippen molar-refractivity contribution in [3.63, 3.8) is 0 Å². The largest absolute Gasteiger partial charge is 0.490 e. The van der Waals surface area contributed by atoms with E-state index in [1.54, 1.807) is 11.9 Å². The van der Waals surface area contributed by atoms with E-state index in [0.29, 0.717) is 6.10 Å². The molecule has 0 saturated heterocycles. The van der Waals surface area contributed by atoms with Crippen LogP contribution in [0.15, 0.2) is 24.3 Å². The van der Waals surface area contributed by atoms with E-state index in [-0.39, 0.29) is 12.5 Å². The Labute approximate surface area is 108 Å². The Morgan fingerprint density at radius 2 is 1.94 bits per heavy atom. The van der Waals surface area contributed by atoms with E-state index in [9.17, 15) is 4.79 Å². The molecule has 2 N–H and O–H groups in total. The Morgan fingerprint density at radius 1 is 1.33 bits per heavy atom. The van der Waals surface area contributed by atoms with Gasteiger partial charge in [-0.25, -0.2) is 0 Å². The molecule has 1 saturated carbocycles. The predicted octanol–water partition coefficient (Wildman–Crippen LogP) is 1.93. The van der Waals surface area contributed by atoms with Crippen LogP contribution in [0.25, 0.3) is 0 Å². The van der Waals surface area contributed by atoms with E-state index in [1.165, 1.54) is 12.8 Å². The number of amides is 1. The molecule has 0 aliphatic heterocycles. The van der Waals surface area contributed by atoms with E-state index in [4.69, 9.17) is 10.5 Å². The highest BCUT2D eigenvalue weighted by Gasteiger charge is 2.16. The maximum absolute atomic E-state index is 11.4. The maximum atomic E-state index is 11.4. The third-order valence-corrected chi connectivity index (χ3v) is 3.38. The zero-order chi connectivity index (χ0) is 13.0. The third-order valence-electron chi connectivity index (χ3n) is 3.38. The van der Waals surface area contributed by atoms with Crippen molar-refractivity contribution in [1.29, 1.82) is 0 Å². The van der Waals surface area contributed by atoms with Crippen molar-refractivity contribution in [2.24, 2.45) is 5.73 Å². The Balaban J connectivity index is 1.98. The summed E-state index contributed by atoms with van der Waals surface area (Å²) in [6.45, 7) is 0.0246. The highest BCUT2D eigenvalue weighted by atomic mass is 16.5. The normalized spacial score (nSPS) is 15.7. The molecule has 4 heteroatoms. The number of hydrogen-bond donors (Lipinski definition) is 1. The molecule has 0 atom stereocenters. The van der Waals surface area contributed by atoms with E-state index in [0.717, 1.165) is 24.3 Å². The van der Waals surface area contributed by atoms with Crippen LogP contribution in [0.1, 0.15) is 25.7 Å². The molecule has 1 aromatic carbocycles. The fourth-order valence-corrected chi connectivity index (χ4v) is 2.23. The van der Waals surface area contributed by atoms with Crippen molar-refractivity contribution in [1.82, 2.24) is 0 Å². The van der Waals surface area contributed by atoms with Crippen LogP contribution in [0, 0.1) is 0 Å². The van der Waals surface area contributed by atoms with Gasteiger partial charge in [-0.1, -0.05) is 0 Å². The van der Waals surface area contributed by atoms with Gasteiger partial charge in [0.15, 0.2) is 0 Å². The summed E-state index contributed by atoms with van der Waals surface area (Å²) in [5.74, 6) is 0.777. The lowest BCUT2D eigenvalue weighted by Gasteiger charge is -2.18. The van der Waals surface area contributed by atoms with Crippen molar-refractivity contribution in [2.75, 3.05) is 18.5 Å². The van der Waals surface area contributed by atoms with Gasteiger partial charge in [0.05, 0.1) is 12.6 Å². The maximum Gasteiger partial charge on any atom is 0.240 e. The molecular formula is C14H20N2O2. The number of nitrogens with two attached hydrogens (primary N) is 1. The fraction of sp³-hybridized carbons (Fsp3) is 0.500. The number of carbonyl (C=O) groups is 1. The highest BCUT2D eigenvalue weighted by molar-refractivity contribution is 5.94. The molecule has 1 amide bonds. The molecule has 1 aliphatic carbocycles. The molecule has 1 aromatic rings. The minimum Gasteiger partial charge on any atom is -0.490 e. The Kier molecular flexibility index (Phi) is 4.20. The lowest BCUT2D eigenvalue weighted by molar-refractivity contribution is -0.117. The van der Waals surface area contributed by atoms with Gasteiger partial charge < -0.3 is 15.4 Å². The fourth-order valence-electron chi connectivity index (χ4n) is 2.23. The van der Waals surface area contributed by atoms with Crippen molar-refractivity contribution in [3.8, 4) is 5.75 Å². The summed E-state index contributed by atoms with van der Waals surface area (Å²) in [6.07, 6.45) is 5.17. The van der Waals surface area contributed by atoms with Crippen LogP contribution in [0.5, 0.6) is 5.75 Å². The van der Waals surface area contributed by atoms with Crippen LogP contribution >= 0.6 is 0 Å². The molecule has 0 unspecified atom stereocenters. The van der Waals surface area contributed by atoms with Crippen molar-refractivity contribution in [3.05, 3.63) is 24.3 Å². The first-order valence-corrected chi connectivity index (χ1v) is 6.44. The molecule has 4 nitrogen and oxygen atoms in total. The molecule has 18 heavy (non-hydrogen) atoms. The summed E-state index contributed by atoms with van der Waals surface area (Å²) in [6, 6.07) is 7.59. The summed E-state index contributed by atoms with van der Waals surface area (Å²) in [5.41, 5.74) is 6.17. The number of benzene rings is 1. The van der Waals surface area contributed by atoms with Crippen molar-refractivity contribution < 1.29 is 9.53 Å². The number of hydrogen-bond acceptors (Lipinski definition) is 3. The summed E-state index contributed by atoms with van der Waals surface area (Å²) < 4.78 is 5.87. The molecule has 0 aromatic heterocycles. The number of anilines is 1. The van der Waals surface area contributed by atoms with E-state index >= 15 is 0 Å². The molecule has 1 aliphatic rings. The molecule has 1 fully saturated rings. The van der Waals surface area contributed by atoms with Crippen LogP contribution in [0.4, 0.5) is 5.69 Å². The molecule has 0 bridgehead atoms. The van der Waals surface area contributed by atoms with Crippen LogP contribution in [0.3, 0.4) is 0 Å². The Bertz CT molecular complexity index is 397. The van der Waals surface area contributed by atoms with Gasteiger partial charge in [0.25, 0.3) is 0 Å². The lowest BCUT2D eigenvalue weighted by atomic mass is 10.2. The summed E-state index contributed by atoms with van der Waals surface area (Å²) in [5, 5.41) is 0. The van der Waals surface area contributed by atoms with Crippen molar-refractivity contribution in [2.45, 2.75) is 31.8 Å². The number of likely N-dealkylation sites (N-methyl/N-ethyl adjacent to an activating group) is 1. The van der Waals surface area contributed by atoms with Gasteiger partial charge in [-0.15, -0.1) is 0 Å². The number of ether oxygens (including phenoxy) is 1. The minimum atomic E-state index is -0.0977. The number of carbonyl (C=O) groups excluding carboxylic acids is 1. The smallest absolute Gasteiger partial charge is 0.240 e. The van der Waals surface area contributed by atoms with Gasteiger partial charge in [-0.3, -0.25) is 4.79 Å². The monoisotopic (exact) mass is 248 g/mol. The first kappa shape index (κ1) is 12.9.